The van der Waals surface area contributed by atoms with E-state index >= 15 is 0 Å². The first-order valence-electron chi connectivity index (χ1n) is 5.18. The zero-order valence-electron chi connectivity index (χ0n) is 11.0. The van der Waals surface area contributed by atoms with E-state index in [2.05, 4.69) is 20.1 Å². The standard InChI is InChI=1S/C9H15N5O4S/c1-6-5-7(2)11-8(10-6)12-9(15)13-19(16,17)14(3)18-4/h5H,1-4H3,(H2,10,11,12,13,15). The molecule has 0 fully saturated rings. The van der Waals surface area contributed by atoms with Gasteiger partial charge in [-0.2, -0.15) is 8.42 Å². The normalized spacial score (nSPS) is 11.4. The van der Waals surface area contributed by atoms with E-state index < -0.39 is 16.2 Å². The Kier molecular flexibility index (Phi) is 4.75. The van der Waals surface area contributed by atoms with Crippen LogP contribution in [0.25, 0.3) is 0 Å². The quantitative estimate of drug-likeness (QED) is 0.751. The molecule has 9 nitrogen and oxygen atoms in total. The highest BCUT2D eigenvalue weighted by Crippen LogP contribution is 2.03. The smallest absolute Gasteiger partial charge is 0.286 e. The van der Waals surface area contributed by atoms with Crippen LogP contribution < -0.4 is 10.0 Å². The molecule has 106 valence electrons. The molecule has 10 heteroatoms. The third-order valence-electron chi connectivity index (χ3n) is 2.02. The van der Waals surface area contributed by atoms with Crippen molar-refractivity contribution in [3.8, 4) is 0 Å². The van der Waals surface area contributed by atoms with E-state index in [4.69, 9.17) is 0 Å². The van der Waals surface area contributed by atoms with Crippen molar-refractivity contribution in [1.29, 1.82) is 0 Å². The summed E-state index contributed by atoms with van der Waals surface area (Å²) >= 11 is 0. The molecule has 0 aromatic carbocycles. The predicted molar refractivity (Wildman–Crippen MR) is 67.4 cm³/mol. The molecule has 19 heavy (non-hydrogen) atoms. The molecule has 0 spiro atoms. The van der Waals surface area contributed by atoms with Crippen molar-refractivity contribution in [3.05, 3.63) is 17.5 Å². The van der Waals surface area contributed by atoms with Crippen LogP contribution >= 0.6 is 0 Å². The zero-order chi connectivity index (χ0) is 14.6. The molecule has 0 saturated heterocycles. The summed E-state index contributed by atoms with van der Waals surface area (Å²) in [5, 5.41) is 2.22. The average Bonchev–Trinajstić information content (AvgIpc) is 2.25. The van der Waals surface area contributed by atoms with E-state index in [1.807, 2.05) is 0 Å². The van der Waals surface area contributed by atoms with E-state index in [0.717, 1.165) is 14.2 Å². The minimum absolute atomic E-state index is 0.0188. The lowest BCUT2D eigenvalue weighted by Crippen LogP contribution is -2.43. The van der Waals surface area contributed by atoms with E-state index in [-0.39, 0.29) is 5.95 Å². The maximum Gasteiger partial charge on any atom is 0.336 e. The highest BCUT2D eigenvalue weighted by Gasteiger charge is 2.20. The van der Waals surface area contributed by atoms with Crippen LogP contribution in [-0.2, 0) is 15.0 Å². The van der Waals surface area contributed by atoms with Gasteiger partial charge in [0.15, 0.2) is 0 Å². The Labute approximate surface area is 111 Å². The van der Waals surface area contributed by atoms with Crippen molar-refractivity contribution in [2.75, 3.05) is 19.5 Å². The largest absolute Gasteiger partial charge is 0.336 e. The number of hydroxylamine groups is 1. The molecule has 0 unspecified atom stereocenters. The summed E-state index contributed by atoms with van der Waals surface area (Å²) in [6, 6.07) is 0.743. The molecule has 0 radical (unpaired) electrons. The van der Waals surface area contributed by atoms with Crippen LogP contribution in [-0.4, -0.2) is 43.0 Å². The fourth-order valence-corrected chi connectivity index (χ4v) is 1.80. The molecule has 0 aliphatic heterocycles. The number of hydrogen-bond acceptors (Lipinski definition) is 6. The maximum atomic E-state index is 11.5. The van der Waals surface area contributed by atoms with Crippen LogP contribution in [0.3, 0.4) is 0 Å². The number of urea groups is 1. The number of hydrogen-bond donors (Lipinski definition) is 2. The average molecular weight is 289 g/mol. The highest BCUT2D eigenvalue weighted by molar-refractivity contribution is 7.87. The first-order chi connectivity index (χ1) is 8.74. The number of carbonyl (C=O) groups is 1. The second-order valence-electron chi connectivity index (χ2n) is 3.63. The SMILES string of the molecule is CON(C)S(=O)(=O)NC(=O)Nc1nc(C)cc(C)n1. The summed E-state index contributed by atoms with van der Waals surface area (Å²) in [4.78, 5) is 23.9. The Bertz CT molecular complexity index is 554. The fraction of sp³-hybridized carbons (Fsp3) is 0.444. The molecule has 1 rings (SSSR count). The number of aromatic nitrogens is 2. The third kappa shape index (κ3) is 4.43. The zero-order valence-corrected chi connectivity index (χ0v) is 11.8. The third-order valence-corrected chi connectivity index (χ3v) is 3.29. The van der Waals surface area contributed by atoms with Crippen LogP contribution in [0.2, 0.25) is 0 Å². The Morgan fingerprint density at radius 3 is 2.32 bits per heavy atom. The summed E-state index contributed by atoms with van der Waals surface area (Å²) in [7, 11) is -1.76. The number of carbonyl (C=O) groups excluding carboxylic acids is 1. The van der Waals surface area contributed by atoms with Crippen molar-refractivity contribution in [2.45, 2.75) is 13.8 Å². The second-order valence-corrected chi connectivity index (χ2v) is 5.30. The summed E-state index contributed by atoms with van der Waals surface area (Å²) in [5.41, 5.74) is 1.30. The Morgan fingerprint density at radius 1 is 1.32 bits per heavy atom. The fourth-order valence-electron chi connectivity index (χ4n) is 1.19. The minimum atomic E-state index is -4.06. The molecule has 0 atom stereocenters. The molecule has 1 aromatic heterocycles. The first-order valence-corrected chi connectivity index (χ1v) is 6.62. The van der Waals surface area contributed by atoms with Crippen molar-refractivity contribution in [1.82, 2.24) is 19.2 Å². The maximum absolute atomic E-state index is 11.5. The van der Waals surface area contributed by atoms with Gasteiger partial charge in [0.1, 0.15) is 0 Å². The van der Waals surface area contributed by atoms with Gasteiger partial charge in [0.25, 0.3) is 0 Å². The molecule has 2 amide bonds. The lowest BCUT2D eigenvalue weighted by molar-refractivity contribution is -0.0266. The number of aryl methyl sites for hydroxylation is 2. The van der Waals surface area contributed by atoms with Crippen LogP contribution in [0, 0.1) is 13.8 Å². The molecular formula is C9H15N5O4S. The van der Waals surface area contributed by atoms with Gasteiger partial charge in [0.05, 0.1) is 7.11 Å². The van der Waals surface area contributed by atoms with Gasteiger partial charge < -0.3 is 0 Å². The molecule has 0 bridgehead atoms. The molecule has 1 heterocycles. The monoisotopic (exact) mass is 289 g/mol. The van der Waals surface area contributed by atoms with E-state index in [9.17, 15) is 13.2 Å². The topological polar surface area (TPSA) is 114 Å². The van der Waals surface area contributed by atoms with Gasteiger partial charge in [-0.15, -0.1) is 0 Å². The van der Waals surface area contributed by atoms with Gasteiger partial charge in [0.2, 0.25) is 5.95 Å². The number of nitrogens with one attached hydrogen (secondary N) is 2. The van der Waals surface area contributed by atoms with E-state index in [1.54, 1.807) is 24.6 Å². The molecule has 0 saturated carbocycles. The van der Waals surface area contributed by atoms with Gasteiger partial charge in [-0.3, -0.25) is 10.2 Å². The first kappa shape index (κ1) is 15.3. The van der Waals surface area contributed by atoms with E-state index in [1.165, 1.54) is 0 Å². The lowest BCUT2D eigenvalue weighted by Gasteiger charge is -2.14. The van der Waals surface area contributed by atoms with Crippen LogP contribution in [0.15, 0.2) is 6.07 Å². The molecule has 1 aromatic rings. The van der Waals surface area contributed by atoms with Gasteiger partial charge in [-0.05, 0) is 19.9 Å². The van der Waals surface area contributed by atoms with Crippen molar-refractivity contribution >= 4 is 22.2 Å². The molecular weight excluding hydrogens is 274 g/mol. The highest BCUT2D eigenvalue weighted by atomic mass is 32.2. The number of amides is 2. The van der Waals surface area contributed by atoms with Crippen LogP contribution in [0.1, 0.15) is 11.4 Å². The van der Waals surface area contributed by atoms with Crippen LogP contribution in [0.4, 0.5) is 10.7 Å². The Morgan fingerprint density at radius 2 is 1.84 bits per heavy atom. The van der Waals surface area contributed by atoms with Crippen LogP contribution in [0.5, 0.6) is 0 Å². The summed E-state index contributed by atoms with van der Waals surface area (Å²) < 4.78 is 25.2. The van der Waals surface area contributed by atoms with Gasteiger partial charge in [-0.1, -0.05) is 4.47 Å². The summed E-state index contributed by atoms with van der Waals surface area (Å²) in [6.45, 7) is 3.46. The number of nitrogens with zero attached hydrogens (tertiary/aromatic N) is 3. The number of rotatable bonds is 4. The Balaban J connectivity index is 2.76. The molecule has 2 N–H and O–H groups in total. The number of anilines is 1. The van der Waals surface area contributed by atoms with Gasteiger partial charge >= 0.3 is 16.2 Å². The molecule has 0 aliphatic carbocycles. The summed E-state index contributed by atoms with van der Waals surface area (Å²) in [5.74, 6) is 0.0188. The van der Waals surface area contributed by atoms with Crippen molar-refractivity contribution in [3.63, 3.8) is 0 Å². The van der Waals surface area contributed by atoms with Crippen molar-refractivity contribution < 1.29 is 18.0 Å². The molecule has 0 aliphatic rings. The van der Waals surface area contributed by atoms with E-state index in [0.29, 0.717) is 15.9 Å². The minimum Gasteiger partial charge on any atom is -0.286 e. The second kappa shape index (κ2) is 5.91. The van der Waals surface area contributed by atoms with Crippen molar-refractivity contribution in [2.24, 2.45) is 0 Å². The summed E-state index contributed by atoms with van der Waals surface area (Å²) in [6.07, 6.45) is 0. The van der Waals surface area contributed by atoms with Gasteiger partial charge in [0, 0.05) is 18.4 Å². The van der Waals surface area contributed by atoms with Gasteiger partial charge in [-0.25, -0.2) is 19.5 Å². The predicted octanol–water partition coefficient (Wildman–Crippen LogP) is -0.0471. The lowest BCUT2D eigenvalue weighted by atomic mass is 10.4. The Hall–Kier alpha value is -1.78.